The Hall–Kier alpha value is -1.32. The van der Waals surface area contributed by atoms with E-state index in [0.717, 1.165) is 12.8 Å². The number of carbonyl (C=O) groups is 2. The highest BCUT2D eigenvalue weighted by Gasteiger charge is 2.62. The van der Waals surface area contributed by atoms with Gasteiger partial charge in [-0.15, -0.1) is 0 Å². The van der Waals surface area contributed by atoms with Crippen LogP contribution in [0, 0.1) is 16.7 Å². The van der Waals surface area contributed by atoms with Gasteiger partial charge in [-0.05, 0) is 37.5 Å². The maximum Gasteiger partial charge on any atom is 0.333 e. The van der Waals surface area contributed by atoms with E-state index >= 15 is 0 Å². The minimum absolute atomic E-state index is 0.0403. The maximum atomic E-state index is 12.1. The molecule has 0 amide bonds. The van der Waals surface area contributed by atoms with Gasteiger partial charge in [0.25, 0.3) is 0 Å². The summed E-state index contributed by atoms with van der Waals surface area (Å²) in [5.74, 6) is -0.273. The molecule has 4 heteroatoms. The number of hydrogen-bond acceptors (Lipinski definition) is 4. The van der Waals surface area contributed by atoms with Crippen LogP contribution in [0.15, 0.2) is 12.2 Å². The van der Waals surface area contributed by atoms with Crippen LogP contribution in [0.5, 0.6) is 0 Å². The first-order chi connectivity index (χ1) is 9.72. The third-order valence-electron chi connectivity index (χ3n) is 5.91. The summed E-state index contributed by atoms with van der Waals surface area (Å²) in [7, 11) is 0. The number of carbonyl (C=O) groups excluding carboxylic acids is 2. The van der Waals surface area contributed by atoms with Gasteiger partial charge in [-0.25, -0.2) is 4.79 Å². The number of esters is 2. The predicted octanol–water partition coefficient (Wildman–Crippen LogP) is 3.25. The molecule has 0 saturated heterocycles. The van der Waals surface area contributed by atoms with Crippen molar-refractivity contribution >= 4 is 11.9 Å². The highest BCUT2D eigenvalue weighted by Crippen LogP contribution is 2.66. The van der Waals surface area contributed by atoms with Gasteiger partial charge in [0.2, 0.25) is 0 Å². The fourth-order valence-electron chi connectivity index (χ4n) is 3.99. The largest absolute Gasteiger partial charge is 0.463 e. The van der Waals surface area contributed by atoms with Crippen molar-refractivity contribution in [3.8, 4) is 0 Å². The summed E-state index contributed by atoms with van der Waals surface area (Å²) in [6, 6.07) is 0. The zero-order chi connectivity index (χ0) is 15.8. The van der Waals surface area contributed by atoms with Crippen molar-refractivity contribution in [3.63, 3.8) is 0 Å². The van der Waals surface area contributed by atoms with E-state index in [1.807, 2.05) is 0 Å². The second-order valence-electron chi connectivity index (χ2n) is 7.09. The Morgan fingerprint density at radius 2 is 1.95 bits per heavy atom. The molecule has 0 aromatic heterocycles. The van der Waals surface area contributed by atoms with Gasteiger partial charge in [0, 0.05) is 11.0 Å². The van der Waals surface area contributed by atoms with Gasteiger partial charge in [-0.3, -0.25) is 4.79 Å². The molecule has 0 aromatic carbocycles. The molecule has 2 fully saturated rings. The Kier molecular flexibility index (Phi) is 4.18. The molecule has 3 atom stereocenters. The lowest BCUT2D eigenvalue weighted by atomic mass is 9.70. The van der Waals surface area contributed by atoms with E-state index in [1.54, 1.807) is 6.92 Å². The zero-order valence-electron chi connectivity index (χ0n) is 13.5. The third-order valence-corrected chi connectivity index (χ3v) is 5.91. The van der Waals surface area contributed by atoms with E-state index in [9.17, 15) is 9.59 Å². The van der Waals surface area contributed by atoms with Crippen molar-refractivity contribution in [1.29, 1.82) is 0 Å². The molecule has 2 aliphatic carbocycles. The van der Waals surface area contributed by atoms with E-state index in [0.29, 0.717) is 5.92 Å². The van der Waals surface area contributed by atoms with Crippen molar-refractivity contribution in [1.82, 2.24) is 0 Å². The van der Waals surface area contributed by atoms with E-state index in [1.165, 1.54) is 6.42 Å². The minimum Gasteiger partial charge on any atom is -0.463 e. The first-order valence-electron chi connectivity index (χ1n) is 7.76. The Balaban J connectivity index is 1.93. The second-order valence-corrected chi connectivity index (χ2v) is 7.09. The highest BCUT2D eigenvalue weighted by molar-refractivity contribution is 5.93. The van der Waals surface area contributed by atoms with Gasteiger partial charge >= 0.3 is 11.9 Å². The standard InChI is InChI=1S/C17H26O4/c1-6-20-15(19)11(2)9-14(18)21-13-10-12-7-8-17(13,5)16(12,3)4/h12-13H,2,6-10H2,1,3-5H3/t12-,13?,17-/m1/s1. The summed E-state index contributed by atoms with van der Waals surface area (Å²) < 4.78 is 10.5. The van der Waals surface area contributed by atoms with Crippen LogP contribution in [0.25, 0.3) is 0 Å². The van der Waals surface area contributed by atoms with Crippen LogP contribution in [-0.4, -0.2) is 24.6 Å². The molecular weight excluding hydrogens is 268 g/mol. The lowest BCUT2D eigenvalue weighted by Gasteiger charge is -2.38. The van der Waals surface area contributed by atoms with E-state index in [4.69, 9.17) is 9.47 Å². The van der Waals surface area contributed by atoms with Crippen LogP contribution in [0.1, 0.15) is 53.4 Å². The molecule has 2 bridgehead atoms. The molecule has 21 heavy (non-hydrogen) atoms. The smallest absolute Gasteiger partial charge is 0.333 e. The van der Waals surface area contributed by atoms with Crippen LogP contribution < -0.4 is 0 Å². The fraction of sp³-hybridized carbons (Fsp3) is 0.765. The molecular formula is C17H26O4. The van der Waals surface area contributed by atoms with E-state index in [2.05, 4.69) is 27.4 Å². The number of rotatable bonds is 5. The Bertz CT molecular complexity index is 465. The summed E-state index contributed by atoms with van der Waals surface area (Å²) in [6.07, 6.45) is 3.11. The van der Waals surface area contributed by atoms with Crippen LogP contribution in [0.3, 0.4) is 0 Å². The molecule has 2 rings (SSSR count). The van der Waals surface area contributed by atoms with Gasteiger partial charge in [0.15, 0.2) is 0 Å². The number of hydrogen-bond donors (Lipinski definition) is 0. The molecule has 0 spiro atoms. The molecule has 2 aliphatic rings. The van der Waals surface area contributed by atoms with Crippen molar-refractivity contribution < 1.29 is 19.1 Å². The van der Waals surface area contributed by atoms with E-state index in [-0.39, 0.29) is 41.5 Å². The summed E-state index contributed by atoms with van der Waals surface area (Å²) in [4.78, 5) is 23.5. The average Bonchev–Trinajstić information content (AvgIpc) is 2.72. The van der Waals surface area contributed by atoms with Crippen LogP contribution in [0.4, 0.5) is 0 Å². The third kappa shape index (κ3) is 2.60. The van der Waals surface area contributed by atoms with Crippen LogP contribution >= 0.6 is 0 Å². The minimum atomic E-state index is -0.520. The normalized spacial score (nSPS) is 32.8. The summed E-state index contributed by atoms with van der Waals surface area (Å²) in [5, 5.41) is 0. The molecule has 1 unspecified atom stereocenters. The summed E-state index contributed by atoms with van der Waals surface area (Å²) in [6.45, 7) is 12.4. The van der Waals surface area contributed by atoms with Crippen molar-refractivity contribution in [3.05, 3.63) is 12.2 Å². The van der Waals surface area contributed by atoms with Gasteiger partial charge in [-0.1, -0.05) is 27.4 Å². The van der Waals surface area contributed by atoms with Crippen molar-refractivity contribution in [2.24, 2.45) is 16.7 Å². The monoisotopic (exact) mass is 294 g/mol. The fourth-order valence-corrected chi connectivity index (χ4v) is 3.99. The lowest BCUT2D eigenvalue weighted by Crippen LogP contribution is -2.38. The molecule has 4 nitrogen and oxygen atoms in total. The molecule has 2 saturated carbocycles. The van der Waals surface area contributed by atoms with Crippen molar-refractivity contribution in [2.45, 2.75) is 59.5 Å². The molecule has 118 valence electrons. The van der Waals surface area contributed by atoms with Gasteiger partial charge < -0.3 is 9.47 Å². The predicted molar refractivity (Wildman–Crippen MR) is 79.5 cm³/mol. The van der Waals surface area contributed by atoms with Gasteiger partial charge in [0.05, 0.1) is 13.0 Å². The molecule has 0 N–H and O–H groups in total. The van der Waals surface area contributed by atoms with Crippen LogP contribution in [-0.2, 0) is 19.1 Å². The number of ether oxygens (including phenoxy) is 2. The quantitative estimate of drug-likeness (QED) is 0.577. The first kappa shape index (κ1) is 16.1. The van der Waals surface area contributed by atoms with Gasteiger partial charge in [0.1, 0.15) is 6.10 Å². The Labute approximate surface area is 126 Å². The first-order valence-corrected chi connectivity index (χ1v) is 7.76. The van der Waals surface area contributed by atoms with Crippen LogP contribution in [0.2, 0.25) is 0 Å². The summed E-state index contributed by atoms with van der Waals surface area (Å²) in [5.41, 5.74) is 0.406. The zero-order valence-corrected chi connectivity index (χ0v) is 13.5. The molecule has 0 aromatic rings. The lowest BCUT2D eigenvalue weighted by molar-refractivity contribution is -0.157. The maximum absolute atomic E-state index is 12.1. The second kappa shape index (κ2) is 5.47. The van der Waals surface area contributed by atoms with Crippen molar-refractivity contribution in [2.75, 3.05) is 6.61 Å². The topological polar surface area (TPSA) is 52.6 Å². The average molecular weight is 294 g/mol. The molecule has 0 aliphatic heterocycles. The molecule has 0 heterocycles. The number of fused-ring (bicyclic) bond motifs is 2. The SMILES string of the molecule is C=C(CC(=O)OC1C[C@H]2CC[C@@]1(C)C2(C)C)C(=O)OCC. The molecule has 0 radical (unpaired) electrons. The summed E-state index contributed by atoms with van der Waals surface area (Å²) >= 11 is 0. The highest BCUT2D eigenvalue weighted by atomic mass is 16.5. The Morgan fingerprint density at radius 1 is 1.29 bits per heavy atom. The Morgan fingerprint density at radius 3 is 2.43 bits per heavy atom. The van der Waals surface area contributed by atoms with Gasteiger partial charge in [-0.2, -0.15) is 0 Å². The van der Waals surface area contributed by atoms with E-state index < -0.39 is 5.97 Å².